The van der Waals surface area contributed by atoms with Gasteiger partial charge in [0.05, 0.1) is 11.6 Å². The Hall–Kier alpha value is -2.71. The van der Waals surface area contributed by atoms with E-state index in [2.05, 4.69) is 5.32 Å². The average Bonchev–Trinajstić information content (AvgIpc) is 3.16. The lowest BCUT2D eigenvalue weighted by Gasteiger charge is -2.27. The first-order chi connectivity index (χ1) is 15.3. The molecule has 0 aromatic heterocycles. The van der Waals surface area contributed by atoms with Crippen molar-refractivity contribution in [3.63, 3.8) is 0 Å². The molecule has 0 spiro atoms. The minimum absolute atomic E-state index is 0.0695. The van der Waals surface area contributed by atoms with Crippen LogP contribution in [0, 0.1) is 12.8 Å². The quantitative estimate of drug-likeness (QED) is 0.725. The molecule has 1 atom stereocenters. The number of carbonyl (C=O) groups excluding carboxylic acids is 2. The first kappa shape index (κ1) is 22.5. The number of nitrogens with zero attached hydrogens (tertiary/aromatic N) is 2. The third kappa shape index (κ3) is 4.86. The zero-order valence-corrected chi connectivity index (χ0v) is 19.1. The van der Waals surface area contributed by atoms with E-state index in [1.54, 1.807) is 23.1 Å². The second-order valence-corrected chi connectivity index (χ2v) is 10.5. The molecule has 4 rings (SSSR count). The predicted molar refractivity (Wildman–Crippen MR) is 122 cm³/mol. The lowest BCUT2D eigenvalue weighted by atomic mass is 10.1. The molecule has 2 aromatic carbocycles. The van der Waals surface area contributed by atoms with E-state index in [1.165, 1.54) is 10.4 Å². The van der Waals surface area contributed by atoms with Gasteiger partial charge in [0, 0.05) is 32.6 Å². The van der Waals surface area contributed by atoms with E-state index >= 15 is 0 Å². The van der Waals surface area contributed by atoms with Gasteiger partial charge in [0.1, 0.15) is 4.90 Å². The maximum atomic E-state index is 13.2. The van der Waals surface area contributed by atoms with Gasteiger partial charge in [0.25, 0.3) is 0 Å². The topological polar surface area (TPSA) is 86.8 Å². The number of nitrogens with one attached hydrogen (secondary N) is 1. The molecule has 2 aromatic rings. The highest BCUT2D eigenvalue weighted by Gasteiger charge is 2.35. The zero-order valence-electron chi connectivity index (χ0n) is 18.3. The molecule has 8 heteroatoms. The van der Waals surface area contributed by atoms with E-state index < -0.39 is 15.9 Å². The van der Waals surface area contributed by atoms with Crippen molar-refractivity contribution in [1.29, 1.82) is 0 Å². The van der Waals surface area contributed by atoms with Gasteiger partial charge in [0.15, 0.2) is 0 Å². The molecular weight excluding hydrogens is 426 g/mol. The molecule has 2 fully saturated rings. The van der Waals surface area contributed by atoms with Crippen molar-refractivity contribution in [2.24, 2.45) is 5.92 Å². The van der Waals surface area contributed by atoms with Gasteiger partial charge in [-0.3, -0.25) is 9.59 Å². The zero-order chi connectivity index (χ0) is 22.7. The minimum atomic E-state index is -3.69. The Kier molecular flexibility index (Phi) is 6.62. The van der Waals surface area contributed by atoms with Crippen molar-refractivity contribution >= 4 is 27.5 Å². The average molecular weight is 456 g/mol. The van der Waals surface area contributed by atoms with Crippen molar-refractivity contribution < 1.29 is 18.0 Å². The van der Waals surface area contributed by atoms with E-state index in [1.807, 2.05) is 31.2 Å². The lowest BCUT2D eigenvalue weighted by molar-refractivity contribution is -0.128. The van der Waals surface area contributed by atoms with Gasteiger partial charge in [-0.2, -0.15) is 4.31 Å². The molecule has 2 heterocycles. The molecule has 0 saturated carbocycles. The Balaban J connectivity index is 1.45. The van der Waals surface area contributed by atoms with Crippen molar-refractivity contribution in [3.05, 3.63) is 59.7 Å². The van der Waals surface area contributed by atoms with Gasteiger partial charge in [-0.1, -0.05) is 48.4 Å². The summed E-state index contributed by atoms with van der Waals surface area (Å²) in [5.74, 6) is -0.912. The summed E-state index contributed by atoms with van der Waals surface area (Å²) in [5.41, 5.74) is 2.44. The Morgan fingerprint density at radius 3 is 2.44 bits per heavy atom. The smallest absolute Gasteiger partial charge is 0.245 e. The van der Waals surface area contributed by atoms with Gasteiger partial charge >= 0.3 is 0 Å². The monoisotopic (exact) mass is 455 g/mol. The highest BCUT2D eigenvalue weighted by atomic mass is 32.2. The van der Waals surface area contributed by atoms with E-state index in [0.717, 1.165) is 30.4 Å². The number of carbonyl (C=O) groups is 2. The number of hydrogen-bond donors (Lipinski definition) is 1. The number of para-hydroxylation sites is 1. The molecule has 170 valence electrons. The summed E-state index contributed by atoms with van der Waals surface area (Å²) >= 11 is 0. The summed E-state index contributed by atoms with van der Waals surface area (Å²) in [6.07, 6.45) is 2.83. The van der Waals surface area contributed by atoms with E-state index in [-0.39, 0.29) is 28.8 Å². The number of anilines is 1. The number of aryl methyl sites for hydroxylation is 1. The molecule has 2 amide bonds. The van der Waals surface area contributed by atoms with Crippen LogP contribution >= 0.6 is 0 Å². The molecular formula is C24H29N3O4S. The van der Waals surface area contributed by atoms with Crippen molar-refractivity contribution in [3.8, 4) is 0 Å². The largest absolute Gasteiger partial charge is 0.338 e. The molecule has 0 aliphatic carbocycles. The summed E-state index contributed by atoms with van der Waals surface area (Å²) in [5, 5.41) is 2.79. The molecule has 2 aliphatic rings. The van der Waals surface area contributed by atoms with Crippen LogP contribution in [0.5, 0.6) is 0 Å². The maximum Gasteiger partial charge on any atom is 0.245 e. The summed E-state index contributed by atoms with van der Waals surface area (Å²) in [7, 11) is -3.69. The standard InChI is InChI=1S/C24H29N3O4S/c1-18-9-11-19(12-10-18)16-26-17-20(15-23(26)28)24(29)25-21-7-3-4-8-22(21)32(30,31)27-13-5-2-6-14-27/h3-4,7-12,20H,2,5-6,13-17H2,1H3,(H,25,29). The lowest BCUT2D eigenvalue weighted by Crippen LogP contribution is -2.36. The van der Waals surface area contributed by atoms with Crippen LogP contribution in [0.15, 0.2) is 53.4 Å². The van der Waals surface area contributed by atoms with E-state index in [0.29, 0.717) is 26.2 Å². The highest BCUT2D eigenvalue weighted by molar-refractivity contribution is 7.89. The van der Waals surface area contributed by atoms with Crippen molar-refractivity contribution in [2.45, 2.75) is 44.0 Å². The van der Waals surface area contributed by atoms with Gasteiger partial charge in [0.2, 0.25) is 21.8 Å². The van der Waals surface area contributed by atoms with Crippen LogP contribution in [0.2, 0.25) is 0 Å². The number of piperidine rings is 1. The first-order valence-corrected chi connectivity index (χ1v) is 12.5. The maximum absolute atomic E-state index is 13.2. The number of hydrogen-bond acceptors (Lipinski definition) is 4. The van der Waals surface area contributed by atoms with Crippen LogP contribution in [0.25, 0.3) is 0 Å². The summed E-state index contributed by atoms with van der Waals surface area (Å²) in [6, 6.07) is 14.5. The van der Waals surface area contributed by atoms with E-state index in [4.69, 9.17) is 0 Å². The van der Waals surface area contributed by atoms with Crippen LogP contribution in [-0.2, 0) is 26.2 Å². The van der Waals surface area contributed by atoms with Gasteiger partial charge in [-0.15, -0.1) is 0 Å². The highest BCUT2D eigenvalue weighted by Crippen LogP contribution is 2.28. The van der Waals surface area contributed by atoms with Gasteiger partial charge in [-0.25, -0.2) is 8.42 Å². The van der Waals surface area contributed by atoms with Gasteiger partial charge < -0.3 is 10.2 Å². The number of rotatable bonds is 6. The second kappa shape index (κ2) is 9.42. The number of likely N-dealkylation sites (tertiary alicyclic amines) is 1. The third-order valence-corrected chi connectivity index (χ3v) is 8.11. The molecule has 2 aliphatic heterocycles. The van der Waals surface area contributed by atoms with Crippen LogP contribution in [-0.4, -0.2) is 49.1 Å². The molecule has 1 unspecified atom stereocenters. The summed E-state index contributed by atoms with van der Waals surface area (Å²) in [6.45, 7) is 3.78. The number of sulfonamides is 1. The Morgan fingerprint density at radius 2 is 1.72 bits per heavy atom. The fourth-order valence-corrected chi connectivity index (χ4v) is 5.95. The third-order valence-electron chi connectivity index (χ3n) is 6.16. The SMILES string of the molecule is Cc1ccc(CN2CC(C(=O)Nc3ccccc3S(=O)(=O)N3CCCCC3)CC2=O)cc1. The predicted octanol–water partition coefficient (Wildman–Crippen LogP) is 3.16. The summed E-state index contributed by atoms with van der Waals surface area (Å²) in [4.78, 5) is 27.2. The Morgan fingerprint density at radius 1 is 1.03 bits per heavy atom. The fraction of sp³-hybridized carbons (Fsp3) is 0.417. The van der Waals surface area contributed by atoms with Crippen LogP contribution < -0.4 is 5.32 Å². The normalized spacial score (nSPS) is 19.8. The van der Waals surface area contributed by atoms with Crippen molar-refractivity contribution in [2.75, 3.05) is 25.0 Å². The number of benzene rings is 2. The van der Waals surface area contributed by atoms with Gasteiger partial charge in [-0.05, 0) is 37.5 Å². The molecule has 7 nitrogen and oxygen atoms in total. The fourth-order valence-electron chi connectivity index (χ4n) is 4.29. The second-order valence-electron chi connectivity index (χ2n) is 8.61. The Labute approximate surface area is 189 Å². The number of amides is 2. The molecule has 0 radical (unpaired) electrons. The molecule has 2 saturated heterocycles. The van der Waals surface area contributed by atoms with Crippen LogP contribution in [0.4, 0.5) is 5.69 Å². The minimum Gasteiger partial charge on any atom is -0.338 e. The van der Waals surface area contributed by atoms with Crippen molar-refractivity contribution in [1.82, 2.24) is 9.21 Å². The molecule has 1 N–H and O–H groups in total. The summed E-state index contributed by atoms with van der Waals surface area (Å²) < 4.78 is 27.8. The molecule has 32 heavy (non-hydrogen) atoms. The van der Waals surface area contributed by atoms with E-state index in [9.17, 15) is 18.0 Å². The first-order valence-electron chi connectivity index (χ1n) is 11.1. The Bertz CT molecular complexity index is 1090. The molecule has 0 bridgehead atoms. The van der Waals surface area contributed by atoms with Crippen LogP contribution in [0.3, 0.4) is 0 Å². The van der Waals surface area contributed by atoms with Crippen LogP contribution in [0.1, 0.15) is 36.8 Å².